The predicted molar refractivity (Wildman–Crippen MR) is 71.5 cm³/mol. The van der Waals surface area contributed by atoms with Crippen molar-refractivity contribution in [2.24, 2.45) is 11.8 Å². The number of hydrogen-bond donors (Lipinski definition) is 2. The van der Waals surface area contributed by atoms with Gasteiger partial charge in [0.25, 0.3) is 0 Å². The molecular formula is C15H19NO3. The van der Waals surface area contributed by atoms with Crippen LogP contribution >= 0.6 is 0 Å². The van der Waals surface area contributed by atoms with E-state index in [9.17, 15) is 9.59 Å². The maximum absolute atomic E-state index is 12.2. The first-order valence-corrected chi connectivity index (χ1v) is 6.67. The van der Waals surface area contributed by atoms with Crippen molar-refractivity contribution in [2.45, 2.75) is 32.2 Å². The van der Waals surface area contributed by atoms with Crippen LogP contribution in [0.25, 0.3) is 0 Å². The maximum atomic E-state index is 12.2. The van der Waals surface area contributed by atoms with Crippen molar-refractivity contribution in [2.75, 3.05) is 0 Å². The summed E-state index contributed by atoms with van der Waals surface area (Å²) in [6.45, 7) is 1.91. The zero-order chi connectivity index (χ0) is 13.8. The number of carbonyl (C=O) groups is 2. The van der Waals surface area contributed by atoms with Crippen LogP contribution in [0.15, 0.2) is 30.3 Å². The minimum atomic E-state index is -0.856. The van der Waals surface area contributed by atoms with Crippen LogP contribution in [0.4, 0.5) is 0 Å². The molecule has 0 aromatic heterocycles. The van der Waals surface area contributed by atoms with Crippen LogP contribution in [0.1, 0.15) is 37.8 Å². The molecule has 1 aliphatic carbocycles. The van der Waals surface area contributed by atoms with E-state index in [1.54, 1.807) is 0 Å². The molecule has 1 aromatic rings. The molecule has 0 aliphatic heterocycles. The predicted octanol–water partition coefficient (Wildman–Crippen LogP) is 2.36. The fourth-order valence-corrected chi connectivity index (χ4v) is 2.71. The monoisotopic (exact) mass is 261 g/mol. The summed E-state index contributed by atoms with van der Waals surface area (Å²) in [4.78, 5) is 23.3. The van der Waals surface area contributed by atoms with Gasteiger partial charge in [0, 0.05) is 0 Å². The number of rotatable bonds is 4. The molecule has 0 bridgehead atoms. The SMILES string of the molecule is C[C@@H](NC(=O)[C@@H]1CCC[C@@H]1C(=O)O)c1ccccc1. The fourth-order valence-electron chi connectivity index (χ4n) is 2.71. The molecular weight excluding hydrogens is 242 g/mol. The molecule has 0 saturated heterocycles. The van der Waals surface area contributed by atoms with Crippen LogP contribution in [-0.2, 0) is 9.59 Å². The molecule has 102 valence electrons. The number of hydrogen-bond acceptors (Lipinski definition) is 2. The smallest absolute Gasteiger partial charge is 0.307 e. The largest absolute Gasteiger partial charge is 0.481 e. The molecule has 4 heteroatoms. The first-order chi connectivity index (χ1) is 9.09. The van der Waals surface area contributed by atoms with E-state index in [1.807, 2.05) is 37.3 Å². The van der Waals surface area contributed by atoms with Crippen LogP contribution in [0, 0.1) is 11.8 Å². The lowest BCUT2D eigenvalue weighted by Crippen LogP contribution is -2.36. The van der Waals surface area contributed by atoms with Crippen molar-refractivity contribution in [3.8, 4) is 0 Å². The highest BCUT2D eigenvalue weighted by Crippen LogP contribution is 2.32. The molecule has 0 heterocycles. The molecule has 1 amide bonds. The van der Waals surface area contributed by atoms with Crippen molar-refractivity contribution < 1.29 is 14.7 Å². The normalized spacial score (nSPS) is 23.8. The second kappa shape index (κ2) is 5.87. The summed E-state index contributed by atoms with van der Waals surface area (Å²) in [6.07, 6.45) is 2.09. The number of benzene rings is 1. The van der Waals surface area contributed by atoms with Gasteiger partial charge in [0.2, 0.25) is 5.91 Å². The molecule has 0 radical (unpaired) electrons. The van der Waals surface area contributed by atoms with E-state index in [-0.39, 0.29) is 17.9 Å². The second-order valence-electron chi connectivity index (χ2n) is 5.12. The van der Waals surface area contributed by atoms with Gasteiger partial charge in [0.05, 0.1) is 17.9 Å². The minimum Gasteiger partial charge on any atom is -0.481 e. The topological polar surface area (TPSA) is 66.4 Å². The lowest BCUT2D eigenvalue weighted by atomic mass is 9.94. The summed E-state index contributed by atoms with van der Waals surface area (Å²) in [5.74, 6) is -1.90. The summed E-state index contributed by atoms with van der Waals surface area (Å²) in [5, 5.41) is 12.0. The van der Waals surface area contributed by atoms with Crippen LogP contribution < -0.4 is 5.32 Å². The van der Waals surface area contributed by atoms with Gasteiger partial charge in [-0.3, -0.25) is 9.59 Å². The van der Waals surface area contributed by atoms with Crippen LogP contribution in [0.2, 0.25) is 0 Å². The van der Waals surface area contributed by atoms with E-state index < -0.39 is 11.9 Å². The molecule has 3 atom stereocenters. The molecule has 1 aromatic carbocycles. The number of amides is 1. The van der Waals surface area contributed by atoms with Gasteiger partial charge in [-0.25, -0.2) is 0 Å². The minimum absolute atomic E-state index is 0.0938. The standard InChI is InChI=1S/C15H19NO3/c1-10(11-6-3-2-4-7-11)16-14(17)12-8-5-9-13(12)15(18)19/h2-4,6-7,10,12-13H,5,8-9H2,1H3,(H,16,17)(H,18,19)/t10-,12-,13+/m1/s1. The van der Waals surface area contributed by atoms with Crippen LogP contribution in [-0.4, -0.2) is 17.0 Å². The molecule has 4 nitrogen and oxygen atoms in total. The summed E-state index contributed by atoms with van der Waals surface area (Å²) < 4.78 is 0. The second-order valence-corrected chi connectivity index (χ2v) is 5.12. The van der Waals surface area contributed by atoms with Crippen molar-refractivity contribution in [3.63, 3.8) is 0 Å². The highest BCUT2D eigenvalue weighted by molar-refractivity contribution is 5.85. The van der Waals surface area contributed by atoms with Gasteiger partial charge in [0.15, 0.2) is 0 Å². The highest BCUT2D eigenvalue weighted by atomic mass is 16.4. The van der Waals surface area contributed by atoms with Crippen LogP contribution in [0.3, 0.4) is 0 Å². The van der Waals surface area contributed by atoms with Gasteiger partial charge in [-0.15, -0.1) is 0 Å². The Bertz CT molecular complexity index is 458. The molecule has 0 spiro atoms. The lowest BCUT2D eigenvalue weighted by Gasteiger charge is -2.20. The Labute approximate surface area is 112 Å². The molecule has 1 fully saturated rings. The number of carboxylic acids is 1. The van der Waals surface area contributed by atoms with Gasteiger partial charge >= 0.3 is 5.97 Å². The number of carbonyl (C=O) groups excluding carboxylic acids is 1. The molecule has 2 rings (SSSR count). The van der Waals surface area contributed by atoms with Gasteiger partial charge in [0.1, 0.15) is 0 Å². The number of nitrogens with one attached hydrogen (secondary N) is 1. The van der Waals surface area contributed by atoms with Crippen molar-refractivity contribution in [1.82, 2.24) is 5.32 Å². The van der Waals surface area contributed by atoms with E-state index in [1.165, 1.54) is 0 Å². The van der Waals surface area contributed by atoms with Crippen molar-refractivity contribution in [1.29, 1.82) is 0 Å². The molecule has 1 aliphatic rings. The molecule has 1 saturated carbocycles. The fraction of sp³-hybridized carbons (Fsp3) is 0.467. The Morgan fingerprint density at radius 1 is 1.21 bits per heavy atom. The Balaban J connectivity index is 1.99. The maximum Gasteiger partial charge on any atom is 0.307 e. The van der Waals surface area contributed by atoms with Gasteiger partial charge in [-0.1, -0.05) is 36.8 Å². The zero-order valence-corrected chi connectivity index (χ0v) is 11.0. The summed E-state index contributed by atoms with van der Waals surface area (Å²) >= 11 is 0. The molecule has 0 unspecified atom stereocenters. The molecule has 2 N–H and O–H groups in total. The Hall–Kier alpha value is -1.84. The Kier molecular flexibility index (Phi) is 4.20. The van der Waals surface area contributed by atoms with E-state index in [0.29, 0.717) is 12.8 Å². The van der Waals surface area contributed by atoms with Crippen LogP contribution in [0.5, 0.6) is 0 Å². The number of aliphatic carboxylic acids is 1. The summed E-state index contributed by atoms with van der Waals surface area (Å²) in [5.41, 5.74) is 1.03. The third-order valence-electron chi connectivity index (χ3n) is 3.83. The highest BCUT2D eigenvalue weighted by Gasteiger charge is 2.37. The average molecular weight is 261 g/mol. The van der Waals surface area contributed by atoms with Crippen molar-refractivity contribution >= 4 is 11.9 Å². The van der Waals surface area contributed by atoms with Gasteiger partial charge in [-0.2, -0.15) is 0 Å². The van der Waals surface area contributed by atoms with Crippen molar-refractivity contribution in [3.05, 3.63) is 35.9 Å². The van der Waals surface area contributed by atoms with Gasteiger partial charge in [-0.05, 0) is 25.3 Å². The van der Waals surface area contributed by atoms with Gasteiger partial charge < -0.3 is 10.4 Å². The number of carboxylic acid groups (broad SMARTS) is 1. The van der Waals surface area contributed by atoms with E-state index in [0.717, 1.165) is 12.0 Å². The first-order valence-electron chi connectivity index (χ1n) is 6.67. The van der Waals surface area contributed by atoms with E-state index in [4.69, 9.17) is 5.11 Å². The first kappa shape index (κ1) is 13.6. The molecule has 19 heavy (non-hydrogen) atoms. The summed E-state index contributed by atoms with van der Waals surface area (Å²) in [6, 6.07) is 9.59. The Morgan fingerprint density at radius 2 is 1.84 bits per heavy atom. The zero-order valence-electron chi connectivity index (χ0n) is 11.0. The Morgan fingerprint density at radius 3 is 2.47 bits per heavy atom. The quantitative estimate of drug-likeness (QED) is 0.874. The third-order valence-corrected chi connectivity index (χ3v) is 3.83. The average Bonchev–Trinajstić information content (AvgIpc) is 2.89. The van der Waals surface area contributed by atoms with E-state index >= 15 is 0 Å². The third kappa shape index (κ3) is 3.13. The lowest BCUT2D eigenvalue weighted by molar-refractivity contribution is -0.146. The van der Waals surface area contributed by atoms with E-state index in [2.05, 4.69) is 5.32 Å². The summed E-state index contributed by atoms with van der Waals surface area (Å²) in [7, 11) is 0.